The predicted octanol–water partition coefficient (Wildman–Crippen LogP) is 1.73. The lowest BCUT2D eigenvalue weighted by molar-refractivity contribution is 0.0497. The molecule has 0 radical (unpaired) electrons. The summed E-state index contributed by atoms with van der Waals surface area (Å²) >= 11 is 0. The van der Waals surface area contributed by atoms with Gasteiger partial charge in [0, 0.05) is 6.61 Å². The first-order chi connectivity index (χ1) is 8.15. The third-order valence-electron chi connectivity index (χ3n) is 2.27. The van der Waals surface area contributed by atoms with Crippen LogP contribution in [0.3, 0.4) is 0 Å². The van der Waals surface area contributed by atoms with Crippen molar-refractivity contribution in [2.24, 2.45) is 0 Å². The fourth-order valence-electron chi connectivity index (χ4n) is 1.31. The van der Waals surface area contributed by atoms with Crippen LogP contribution < -0.4 is 5.73 Å². The predicted molar refractivity (Wildman–Crippen MR) is 62.0 cm³/mol. The molecule has 1 aromatic carbocycles. The van der Waals surface area contributed by atoms with Crippen molar-refractivity contribution in [3.63, 3.8) is 0 Å². The molecular formula is C12H16FNO3. The Kier molecular flexibility index (Phi) is 5.42. The van der Waals surface area contributed by atoms with E-state index in [0.29, 0.717) is 12.8 Å². The Balaban J connectivity index is 2.39. The van der Waals surface area contributed by atoms with Crippen LogP contribution in [0.4, 0.5) is 10.1 Å². The van der Waals surface area contributed by atoms with E-state index in [2.05, 4.69) is 0 Å². The minimum Gasteiger partial charge on any atom is -0.462 e. The van der Waals surface area contributed by atoms with Gasteiger partial charge in [-0.2, -0.15) is 0 Å². The number of aliphatic hydroxyl groups is 1. The Morgan fingerprint density at radius 1 is 1.35 bits per heavy atom. The normalized spacial score (nSPS) is 10.2. The molecular weight excluding hydrogens is 225 g/mol. The van der Waals surface area contributed by atoms with Gasteiger partial charge in [-0.3, -0.25) is 0 Å². The highest BCUT2D eigenvalue weighted by Crippen LogP contribution is 2.13. The number of rotatable bonds is 6. The van der Waals surface area contributed by atoms with Gasteiger partial charge in [-0.05, 0) is 37.5 Å². The van der Waals surface area contributed by atoms with Crippen LogP contribution in [0.25, 0.3) is 0 Å². The highest BCUT2D eigenvalue weighted by atomic mass is 19.1. The molecule has 4 nitrogen and oxygen atoms in total. The minimum atomic E-state index is -0.551. The lowest BCUT2D eigenvalue weighted by Gasteiger charge is -2.05. The van der Waals surface area contributed by atoms with Crippen molar-refractivity contribution >= 4 is 11.7 Å². The number of esters is 1. The number of nitrogens with two attached hydrogens (primary N) is 1. The van der Waals surface area contributed by atoms with Gasteiger partial charge >= 0.3 is 5.97 Å². The number of aliphatic hydroxyl groups excluding tert-OH is 1. The third-order valence-corrected chi connectivity index (χ3v) is 2.27. The van der Waals surface area contributed by atoms with Crippen LogP contribution >= 0.6 is 0 Å². The Labute approximate surface area is 99.2 Å². The van der Waals surface area contributed by atoms with Crippen LogP contribution in [-0.4, -0.2) is 24.3 Å². The van der Waals surface area contributed by atoms with E-state index in [1.807, 2.05) is 0 Å². The van der Waals surface area contributed by atoms with Crippen molar-refractivity contribution in [3.05, 3.63) is 29.6 Å². The summed E-state index contributed by atoms with van der Waals surface area (Å²) in [6.07, 6.45) is 2.19. The zero-order chi connectivity index (χ0) is 12.7. The highest BCUT2D eigenvalue weighted by Gasteiger charge is 2.09. The van der Waals surface area contributed by atoms with Gasteiger partial charge in [-0.15, -0.1) is 0 Å². The van der Waals surface area contributed by atoms with Gasteiger partial charge in [-0.25, -0.2) is 9.18 Å². The summed E-state index contributed by atoms with van der Waals surface area (Å²) in [5.41, 5.74) is 5.51. The van der Waals surface area contributed by atoms with Crippen molar-refractivity contribution in [1.29, 1.82) is 0 Å². The molecule has 0 aromatic heterocycles. The average Bonchev–Trinajstić information content (AvgIpc) is 2.32. The van der Waals surface area contributed by atoms with E-state index in [1.165, 1.54) is 12.1 Å². The third kappa shape index (κ3) is 4.40. The molecule has 0 saturated heterocycles. The lowest BCUT2D eigenvalue weighted by atomic mass is 10.2. The summed E-state index contributed by atoms with van der Waals surface area (Å²) in [6.45, 7) is 0.429. The number of halogens is 1. The molecule has 0 fully saturated rings. The number of benzene rings is 1. The van der Waals surface area contributed by atoms with Crippen LogP contribution in [0.2, 0.25) is 0 Å². The zero-order valence-electron chi connectivity index (χ0n) is 9.49. The number of anilines is 1. The molecule has 0 aliphatic carbocycles. The molecule has 94 valence electrons. The second kappa shape index (κ2) is 6.85. The number of nitrogen functional groups attached to an aromatic ring is 1. The largest absolute Gasteiger partial charge is 0.462 e. The molecule has 0 saturated carbocycles. The molecule has 0 bridgehead atoms. The SMILES string of the molecule is Nc1cc(C(=O)OCCCCCO)ccc1F. The van der Waals surface area contributed by atoms with Crippen LogP contribution in [0.5, 0.6) is 0 Å². The summed E-state index contributed by atoms with van der Waals surface area (Å²) in [4.78, 5) is 11.5. The maximum absolute atomic E-state index is 12.9. The molecule has 0 amide bonds. The van der Waals surface area contributed by atoms with Gasteiger partial charge in [0.15, 0.2) is 0 Å². The smallest absolute Gasteiger partial charge is 0.338 e. The van der Waals surface area contributed by atoms with E-state index < -0.39 is 11.8 Å². The fraction of sp³-hybridized carbons (Fsp3) is 0.417. The molecule has 0 atom stereocenters. The van der Waals surface area contributed by atoms with Crippen LogP contribution in [-0.2, 0) is 4.74 Å². The zero-order valence-corrected chi connectivity index (χ0v) is 9.49. The average molecular weight is 241 g/mol. The first-order valence-corrected chi connectivity index (χ1v) is 5.48. The summed E-state index contributed by atoms with van der Waals surface area (Å²) in [5, 5.41) is 8.55. The summed E-state index contributed by atoms with van der Waals surface area (Å²) < 4.78 is 17.8. The molecule has 1 rings (SSSR count). The molecule has 0 aliphatic heterocycles. The Bertz CT molecular complexity index is 382. The second-order valence-electron chi connectivity index (χ2n) is 3.66. The van der Waals surface area contributed by atoms with E-state index in [1.54, 1.807) is 0 Å². The number of unbranched alkanes of at least 4 members (excludes halogenated alkanes) is 2. The van der Waals surface area contributed by atoms with Crippen LogP contribution in [0, 0.1) is 5.82 Å². The van der Waals surface area contributed by atoms with Gasteiger partial charge < -0.3 is 15.6 Å². The first-order valence-electron chi connectivity index (χ1n) is 5.48. The van der Waals surface area contributed by atoms with E-state index in [0.717, 1.165) is 12.5 Å². The Hall–Kier alpha value is -1.62. The lowest BCUT2D eigenvalue weighted by Crippen LogP contribution is -2.07. The molecule has 17 heavy (non-hydrogen) atoms. The Morgan fingerprint density at radius 2 is 2.12 bits per heavy atom. The summed E-state index contributed by atoms with van der Waals surface area (Å²) in [6, 6.07) is 3.73. The standard InChI is InChI=1S/C12H16FNO3/c13-10-5-4-9(8-11(10)14)12(16)17-7-3-1-2-6-15/h4-5,8,15H,1-3,6-7,14H2. The molecule has 5 heteroatoms. The minimum absolute atomic E-state index is 0.0697. The van der Waals surface area contributed by atoms with E-state index >= 15 is 0 Å². The molecule has 0 aliphatic rings. The van der Waals surface area contributed by atoms with Gasteiger partial charge in [0.05, 0.1) is 17.9 Å². The Morgan fingerprint density at radius 3 is 2.76 bits per heavy atom. The van der Waals surface area contributed by atoms with E-state index in [-0.39, 0.29) is 24.5 Å². The van der Waals surface area contributed by atoms with Crippen molar-refractivity contribution < 1.29 is 19.0 Å². The number of carbonyl (C=O) groups excluding carboxylic acids is 1. The van der Waals surface area contributed by atoms with Crippen molar-refractivity contribution in [2.45, 2.75) is 19.3 Å². The van der Waals surface area contributed by atoms with Crippen molar-refractivity contribution in [3.8, 4) is 0 Å². The number of hydrogen-bond acceptors (Lipinski definition) is 4. The molecule has 1 aromatic rings. The monoisotopic (exact) mass is 241 g/mol. The molecule has 0 unspecified atom stereocenters. The quantitative estimate of drug-likeness (QED) is 0.452. The van der Waals surface area contributed by atoms with Crippen LogP contribution in [0.15, 0.2) is 18.2 Å². The van der Waals surface area contributed by atoms with Gasteiger partial charge in [0.2, 0.25) is 0 Å². The number of hydrogen-bond donors (Lipinski definition) is 2. The van der Waals surface area contributed by atoms with Gasteiger partial charge in [0.1, 0.15) is 5.82 Å². The summed E-state index contributed by atoms with van der Waals surface area (Å²) in [5.74, 6) is -1.06. The number of carbonyl (C=O) groups is 1. The molecule has 0 spiro atoms. The molecule has 3 N–H and O–H groups in total. The topological polar surface area (TPSA) is 72.6 Å². The number of ether oxygens (including phenoxy) is 1. The van der Waals surface area contributed by atoms with Gasteiger partial charge in [-0.1, -0.05) is 0 Å². The summed E-state index contributed by atoms with van der Waals surface area (Å²) in [7, 11) is 0. The maximum Gasteiger partial charge on any atom is 0.338 e. The fourth-order valence-corrected chi connectivity index (χ4v) is 1.31. The van der Waals surface area contributed by atoms with Crippen LogP contribution in [0.1, 0.15) is 29.6 Å². The maximum atomic E-state index is 12.9. The van der Waals surface area contributed by atoms with E-state index in [4.69, 9.17) is 15.6 Å². The second-order valence-corrected chi connectivity index (χ2v) is 3.66. The van der Waals surface area contributed by atoms with Gasteiger partial charge in [0.25, 0.3) is 0 Å². The van der Waals surface area contributed by atoms with Crippen molar-refractivity contribution in [2.75, 3.05) is 18.9 Å². The first kappa shape index (κ1) is 13.4. The molecule has 0 heterocycles. The highest BCUT2D eigenvalue weighted by molar-refractivity contribution is 5.90. The van der Waals surface area contributed by atoms with Crippen molar-refractivity contribution in [1.82, 2.24) is 0 Å². The van der Waals surface area contributed by atoms with E-state index in [9.17, 15) is 9.18 Å².